The summed E-state index contributed by atoms with van der Waals surface area (Å²) in [7, 11) is 2.20. The fourth-order valence-electron chi connectivity index (χ4n) is 2.90. The van der Waals surface area contributed by atoms with E-state index in [9.17, 15) is 0 Å². The first-order chi connectivity index (χ1) is 5.52. The Morgan fingerprint density at radius 1 is 1.25 bits per heavy atom. The van der Waals surface area contributed by atoms with E-state index >= 15 is 0 Å². The van der Waals surface area contributed by atoms with Crippen LogP contribution >= 0.6 is 0 Å². The van der Waals surface area contributed by atoms with E-state index in [-0.39, 0.29) is 0 Å². The lowest BCUT2D eigenvalue weighted by Gasteiger charge is -2.41. The first kappa shape index (κ1) is 10.0. The third kappa shape index (κ3) is 1.99. The molecule has 0 aromatic carbocycles. The van der Waals surface area contributed by atoms with Gasteiger partial charge < -0.3 is 10.6 Å². The predicted molar refractivity (Wildman–Crippen MR) is 53.0 cm³/mol. The average Bonchev–Trinajstić information content (AvgIpc) is 1.82. The fraction of sp³-hybridized carbons (Fsp3) is 1.00. The van der Waals surface area contributed by atoms with Crippen molar-refractivity contribution in [2.24, 2.45) is 23.5 Å². The van der Waals surface area contributed by atoms with Gasteiger partial charge in [0.2, 0.25) is 0 Å². The first-order valence-electron chi connectivity index (χ1n) is 4.96. The molecule has 72 valence electrons. The van der Waals surface area contributed by atoms with Crippen LogP contribution in [0.15, 0.2) is 0 Å². The van der Waals surface area contributed by atoms with Gasteiger partial charge >= 0.3 is 0 Å². The highest BCUT2D eigenvalue weighted by molar-refractivity contribution is 4.85. The van der Waals surface area contributed by atoms with E-state index < -0.39 is 0 Å². The maximum absolute atomic E-state index is 5.97. The molecule has 1 rings (SSSR count). The lowest BCUT2D eigenvalue weighted by Crippen LogP contribution is -2.48. The second-order valence-corrected chi connectivity index (χ2v) is 4.61. The van der Waals surface area contributed by atoms with E-state index in [0.717, 1.165) is 11.8 Å². The Bertz CT molecular complexity index is 133. The summed E-state index contributed by atoms with van der Waals surface area (Å²) >= 11 is 0. The van der Waals surface area contributed by atoms with Crippen LogP contribution in [0.1, 0.15) is 20.8 Å². The smallest absolute Gasteiger partial charge is 0.00448 e. The van der Waals surface area contributed by atoms with Crippen molar-refractivity contribution >= 4 is 0 Å². The van der Waals surface area contributed by atoms with Crippen LogP contribution < -0.4 is 5.73 Å². The highest BCUT2D eigenvalue weighted by Crippen LogP contribution is 2.29. The maximum Gasteiger partial charge on any atom is 0.00448 e. The SMILES string of the molecule is CC(N)C1C(C)CN(C)CC1C. The van der Waals surface area contributed by atoms with Gasteiger partial charge in [-0.3, -0.25) is 0 Å². The van der Waals surface area contributed by atoms with Crippen LogP contribution in [-0.4, -0.2) is 31.1 Å². The van der Waals surface area contributed by atoms with Gasteiger partial charge in [0.25, 0.3) is 0 Å². The molecule has 3 unspecified atom stereocenters. The molecule has 3 atom stereocenters. The van der Waals surface area contributed by atoms with Gasteiger partial charge in [0, 0.05) is 19.1 Å². The van der Waals surface area contributed by atoms with E-state index in [1.165, 1.54) is 13.1 Å². The maximum atomic E-state index is 5.97. The third-order valence-electron chi connectivity index (χ3n) is 3.12. The largest absolute Gasteiger partial charge is 0.328 e. The number of nitrogens with two attached hydrogens (primary N) is 1. The second-order valence-electron chi connectivity index (χ2n) is 4.61. The van der Waals surface area contributed by atoms with Gasteiger partial charge in [0.1, 0.15) is 0 Å². The Labute approximate surface area is 76.1 Å². The summed E-state index contributed by atoms with van der Waals surface area (Å²) in [5.74, 6) is 2.21. The van der Waals surface area contributed by atoms with Gasteiger partial charge in [-0.05, 0) is 31.7 Å². The fourth-order valence-corrected chi connectivity index (χ4v) is 2.90. The summed E-state index contributed by atoms with van der Waals surface area (Å²) in [6, 6.07) is 0.351. The summed E-state index contributed by atoms with van der Waals surface area (Å²) in [6.07, 6.45) is 0. The summed E-state index contributed by atoms with van der Waals surface area (Å²) in [6.45, 7) is 9.19. The van der Waals surface area contributed by atoms with Crippen molar-refractivity contribution < 1.29 is 0 Å². The highest BCUT2D eigenvalue weighted by Gasteiger charge is 2.32. The lowest BCUT2D eigenvalue weighted by molar-refractivity contribution is 0.0842. The molecular formula is C10H22N2. The van der Waals surface area contributed by atoms with Crippen LogP contribution in [0, 0.1) is 17.8 Å². The topological polar surface area (TPSA) is 29.3 Å². The number of likely N-dealkylation sites (tertiary alicyclic amines) is 1. The van der Waals surface area contributed by atoms with Crippen molar-refractivity contribution in [3.63, 3.8) is 0 Å². The average molecular weight is 170 g/mol. The minimum absolute atomic E-state index is 0.351. The zero-order valence-electron chi connectivity index (χ0n) is 8.75. The molecule has 1 aliphatic rings. The summed E-state index contributed by atoms with van der Waals surface area (Å²) in [4.78, 5) is 2.41. The van der Waals surface area contributed by atoms with Gasteiger partial charge in [-0.1, -0.05) is 13.8 Å². The lowest BCUT2D eigenvalue weighted by atomic mass is 9.76. The van der Waals surface area contributed by atoms with E-state index in [2.05, 4.69) is 32.7 Å². The molecule has 0 aromatic heterocycles. The molecule has 1 aliphatic heterocycles. The van der Waals surface area contributed by atoms with E-state index in [0.29, 0.717) is 12.0 Å². The van der Waals surface area contributed by atoms with Crippen LogP contribution in [0.2, 0.25) is 0 Å². The number of rotatable bonds is 1. The van der Waals surface area contributed by atoms with Crippen molar-refractivity contribution in [3.8, 4) is 0 Å². The third-order valence-corrected chi connectivity index (χ3v) is 3.12. The minimum atomic E-state index is 0.351. The summed E-state index contributed by atoms with van der Waals surface area (Å²) in [5, 5.41) is 0. The summed E-state index contributed by atoms with van der Waals surface area (Å²) < 4.78 is 0. The molecule has 12 heavy (non-hydrogen) atoms. The van der Waals surface area contributed by atoms with E-state index in [4.69, 9.17) is 5.73 Å². The zero-order valence-corrected chi connectivity index (χ0v) is 8.75. The normalized spacial score (nSPS) is 41.2. The molecule has 0 amide bonds. The molecule has 1 fully saturated rings. The van der Waals surface area contributed by atoms with Gasteiger partial charge in [-0.15, -0.1) is 0 Å². The van der Waals surface area contributed by atoms with Crippen molar-refractivity contribution in [1.82, 2.24) is 4.90 Å². The number of hydrogen-bond donors (Lipinski definition) is 1. The monoisotopic (exact) mass is 170 g/mol. The number of piperidine rings is 1. The van der Waals surface area contributed by atoms with Crippen molar-refractivity contribution in [2.75, 3.05) is 20.1 Å². The molecular weight excluding hydrogens is 148 g/mol. The number of nitrogens with zero attached hydrogens (tertiary/aromatic N) is 1. The van der Waals surface area contributed by atoms with Crippen LogP contribution in [0.5, 0.6) is 0 Å². The van der Waals surface area contributed by atoms with Gasteiger partial charge in [-0.2, -0.15) is 0 Å². The summed E-state index contributed by atoms with van der Waals surface area (Å²) in [5.41, 5.74) is 5.97. The van der Waals surface area contributed by atoms with Crippen molar-refractivity contribution in [2.45, 2.75) is 26.8 Å². The van der Waals surface area contributed by atoms with Crippen LogP contribution in [-0.2, 0) is 0 Å². The molecule has 0 saturated carbocycles. The van der Waals surface area contributed by atoms with Crippen LogP contribution in [0.4, 0.5) is 0 Å². The zero-order chi connectivity index (χ0) is 9.30. The Kier molecular flexibility index (Phi) is 3.13. The highest BCUT2D eigenvalue weighted by atomic mass is 15.1. The van der Waals surface area contributed by atoms with Crippen LogP contribution in [0.25, 0.3) is 0 Å². The minimum Gasteiger partial charge on any atom is -0.328 e. The van der Waals surface area contributed by atoms with Gasteiger partial charge in [0.05, 0.1) is 0 Å². The molecule has 1 saturated heterocycles. The van der Waals surface area contributed by atoms with E-state index in [1.54, 1.807) is 0 Å². The Morgan fingerprint density at radius 3 is 2.00 bits per heavy atom. The Hall–Kier alpha value is -0.0800. The van der Waals surface area contributed by atoms with Gasteiger partial charge in [-0.25, -0.2) is 0 Å². The molecule has 0 spiro atoms. The molecule has 1 heterocycles. The quantitative estimate of drug-likeness (QED) is 0.640. The molecule has 0 radical (unpaired) electrons. The Morgan fingerprint density at radius 2 is 1.67 bits per heavy atom. The Balaban J connectivity index is 2.60. The molecule has 0 bridgehead atoms. The first-order valence-corrected chi connectivity index (χ1v) is 4.96. The second kappa shape index (κ2) is 3.75. The molecule has 0 aliphatic carbocycles. The van der Waals surface area contributed by atoms with Crippen molar-refractivity contribution in [1.29, 1.82) is 0 Å². The molecule has 2 N–H and O–H groups in total. The number of hydrogen-bond acceptors (Lipinski definition) is 2. The standard InChI is InChI=1S/C10H22N2/c1-7-5-12(4)6-8(2)10(7)9(3)11/h7-10H,5-6,11H2,1-4H3. The van der Waals surface area contributed by atoms with Crippen molar-refractivity contribution in [3.05, 3.63) is 0 Å². The molecule has 2 heteroatoms. The van der Waals surface area contributed by atoms with Gasteiger partial charge in [0.15, 0.2) is 0 Å². The van der Waals surface area contributed by atoms with Crippen LogP contribution in [0.3, 0.4) is 0 Å². The predicted octanol–water partition coefficient (Wildman–Crippen LogP) is 1.17. The molecule has 0 aromatic rings. The van der Waals surface area contributed by atoms with E-state index in [1.807, 2.05) is 0 Å². The molecule has 2 nitrogen and oxygen atoms in total.